The highest BCUT2D eigenvalue weighted by Crippen LogP contribution is 2.20. The fraction of sp³-hybridized carbons (Fsp3) is 0.400. The number of amides is 2. The Morgan fingerprint density at radius 1 is 1.00 bits per heavy atom. The van der Waals surface area contributed by atoms with Gasteiger partial charge in [-0.05, 0) is 67.4 Å². The number of benzene rings is 2. The van der Waals surface area contributed by atoms with Crippen molar-refractivity contribution in [3.63, 3.8) is 0 Å². The van der Waals surface area contributed by atoms with E-state index in [4.69, 9.17) is 17.0 Å². The molecule has 0 unspecified atom stereocenters. The molecule has 2 aromatic rings. The van der Waals surface area contributed by atoms with Gasteiger partial charge in [-0.25, -0.2) is 0 Å². The van der Waals surface area contributed by atoms with Crippen LogP contribution >= 0.6 is 12.2 Å². The van der Waals surface area contributed by atoms with Crippen LogP contribution in [0.1, 0.15) is 66.7 Å². The molecular weight excluding hydrogens is 422 g/mol. The number of nitrogens with one attached hydrogen (secondary N) is 3. The fourth-order valence-electron chi connectivity index (χ4n) is 3.59. The molecule has 1 aliphatic carbocycles. The lowest BCUT2D eigenvalue weighted by Crippen LogP contribution is -2.36. The van der Waals surface area contributed by atoms with Gasteiger partial charge in [-0.3, -0.25) is 14.9 Å². The monoisotopic (exact) mass is 453 g/mol. The van der Waals surface area contributed by atoms with Crippen molar-refractivity contribution in [3.8, 4) is 5.75 Å². The van der Waals surface area contributed by atoms with Crippen LogP contribution < -0.4 is 20.7 Å². The van der Waals surface area contributed by atoms with Crippen molar-refractivity contribution >= 4 is 34.8 Å². The van der Waals surface area contributed by atoms with Crippen LogP contribution in [0, 0.1) is 5.92 Å². The molecule has 0 aliphatic heterocycles. The second-order valence-electron chi connectivity index (χ2n) is 8.50. The number of para-hydroxylation sites is 1. The smallest absolute Gasteiger partial charge is 0.261 e. The Hall–Kier alpha value is -2.93. The number of ether oxygens (including phenoxy) is 1. The molecule has 170 valence electrons. The summed E-state index contributed by atoms with van der Waals surface area (Å²) in [6.07, 6.45) is 5.69. The summed E-state index contributed by atoms with van der Waals surface area (Å²) in [6.45, 7) is 4.62. The lowest BCUT2D eigenvalue weighted by molar-refractivity contribution is 0.0926. The Morgan fingerprint density at radius 2 is 1.69 bits per heavy atom. The summed E-state index contributed by atoms with van der Waals surface area (Å²) < 4.78 is 5.75. The third-order valence-corrected chi connectivity index (χ3v) is 5.48. The third-order valence-electron chi connectivity index (χ3n) is 5.28. The lowest BCUT2D eigenvalue weighted by atomic mass is 9.95. The topological polar surface area (TPSA) is 79.5 Å². The van der Waals surface area contributed by atoms with Crippen molar-refractivity contribution in [3.05, 3.63) is 59.7 Å². The zero-order valence-electron chi connectivity index (χ0n) is 18.6. The van der Waals surface area contributed by atoms with E-state index < -0.39 is 0 Å². The molecule has 0 aromatic heterocycles. The van der Waals surface area contributed by atoms with E-state index >= 15 is 0 Å². The minimum absolute atomic E-state index is 0.0580. The molecule has 3 rings (SSSR count). The molecule has 0 spiro atoms. The number of hydrogen-bond acceptors (Lipinski definition) is 4. The minimum Gasteiger partial charge on any atom is -0.492 e. The van der Waals surface area contributed by atoms with Crippen LogP contribution in [-0.4, -0.2) is 29.6 Å². The summed E-state index contributed by atoms with van der Waals surface area (Å²) in [4.78, 5) is 25.1. The van der Waals surface area contributed by atoms with Gasteiger partial charge >= 0.3 is 0 Å². The highest BCUT2D eigenvalue weighted by Gasteiger charge is 2.17. The van der Waals surface area contributed by atoms with E-state index in [1.165, 1.54) is 19.3 Å². The van der Waals surface area contributed by atoms with Gasteiger partial charge in [0.1, 0.15) is 5.75 Å². The zero-order valence-corrected chi connectivity index (χ0v) is 19.5. The van der Waals surface area contributed by atoms with Crippen molar-refractivity contribution in [2.24, 2.45) is 5.92 Å². The van der Waals surface area contributed by atoms with E-state index in [2.05, 4.69) is 16.0 Å². The molecule has 7 heteroatoms. The molecule has 6 nitrogen and oxygen atoms in total. The van der Waals surface area contributed by atoms with Crippen molar-refractivity contribution in [1.82, 2.24) is 10.6 Å². The van der Waals surface area contributed by atoms with Gasteiger partial charge in [0.25, 0.3) is 11.8 Å². The molecule has 1 aliphatic rings. The summed E-state index contributed by atoms with van der Waals surface area (Å²) in [6, 6.07) is 14.4. The van der Waals surface area contributed by atoms with Gasteiger partial charge in [-0.15, -0.1) is 0 Å². The average Bonchev–Trinajstić information content (AvgIpc) is 2.79. The maximum Gasteiger partial charge on any atom is 0.261 e. The summed E-state index contributed by atoms with van der Waals surface area (Å²) in [7, 11) is 0. The van der Waals surface area contributed by atoms with Crippen molar-refractivity contribution in [2.75, 3.05) is 11.9 Å². The first-order valence-corrected chi connectivity index (χ1v) is 11.6. The Morgan fingerprint density at radius 3 is 2.38 bits per heavy atom. The first kappa shape index (κ1) is 23.7. The van der Waals surface area contributed by atoms with Gasteiger partial charge in [0, 0.05) is 17.3 Å². The number of thiocarbonyl (C=S) groups is 1. The third kappa shape index (κ3) is 7.05. The first-order valence-electron chi connectivity index (χ1n) is 11.2. The Bertz CT molecular complexity index is 938. The lowest BCUT2D eigenvalue weighted by Gasteiger charge is -2.22. The average molecular weight is 454 g/mol. The van der Waals surface area contributed by atoms with E-state index in [0.717, 1.165) is 12.8 Å². The Kier molecular flexibility index (Phi) is 8.62. The van der Waals surface area contributed by atoms with Crippen molar-refractivity contribution in [1.29, 1.82) is 0 Å². The van der Waals surface area contributed by atoms with Gasteiger partial charge in [0.2, 0.25) is 0 Å². The van der Waals surface area contributed by atoms with Crippen LogP contribution in [-0.2, 0) is 0 Å². The molecule has 1 saturated carbocycles. The van der Waals surface area contributed by atoms with Gasteiger partial charge in [-0.2, -0.15) is 0 Å². The number of carbonyl (C=O) groups excluding carboxylic acids is 2. The zero-order chi connectivity index (χ0) is 22.9. The van der Waals surface area contributed by atoms with E-state index in [9.17, 15) is 9.59 Å². The molecule has 0 saturated heterocycles. The maximum atomic E-state index is 12.7. The molecule has 32 heavy (non-hydrogen) atoms. The summed E-state index contributed by atoms with van der Waals surface area (Å²) in [5.74, 6) is 0.471. The quantitative estimate of drug-likeness (QED) is 0.519. The van der Waals surface area contributed by atoms with Gasteiger partial charge in [0.05, 0.1) is 12.2 Å². The summed E-state index contributed by atoms with van der Waals surface area (Å²) in [5.41, 5.74) is 1.72. The summed E-state index contributed by atoms with van der Waals surface area (Å²) >= 11 is 5.29. The van der Waals surface area contributed by atoms with Crippen molar-refractivity contribution in [2.45, 2.75) is 52.0 Å². The highest BCUT2D eigenvalue weighted by atomic mass is 32.1. The van der Waals surface area contributed by atoms with Crippen LogP contribution in [0.4, 0.5) is 5.69 Å². The fourth-order valence-corrected chi connectivity index (χ4v) is 3.80. The molecule has 0 bridgehead atoms. The standard InChI is InChI=1S/C25H31N3O3S/c1-17(2)16-31-22-11-7-6-10-21(22)24(30)28-25(32)27-20-14-12-18(13-15-20)23(29)26-19-8-4-3-5-9-19/h6-7,10-15,17,19H,3-5,8-9,16H2,1-2H3,(H,26,29)(H2,27,28,30,32). The molecule has 0 heterocycles. The summed E-state index contributed by atoms with van der Waals surface area (Å²) in [5, 5.41) is 8.96. The van der Waals surface area contributed by atoms with E-state index in [-0.39, 0.29) is 23.0 Å². The molecule has 2 amide bonds. The number of rotatable bonds is 7. The maximum absolute atomic E-state index is 12.7. The Labute approximate surface area is 195 Å². The predicted octanol–water partition coefficient (Wildman–Crippen LogP) is 4.91. The highest BCUT2D eigenvalue weighted by molar-refractivity contribution is 7.80. The van der Waals surface area contributed by atoms with E-state index in [0.29, 0.717) is 35.1 Å². The van der Waals surface area contributed by atoms with Gasteiger partial charge in [-0.1, -0.05) is 45.2 Å². The van der Waals surface area contributed by atoms with Gasteiger partial charge < -0.3 is 15.4 Å². The van der Waals surface area contributed by atoms with Gasteiger partial charge in [0.15, 0.2) is 5.11 Å². The van der Waals surface area contributed by atoms with Crippen LogP contribution in [0.15, 0.2) is 48.5 Å². The Balaban J connectivity index is 1.53. The van der Waals surface area contributed by atoms with Crippen molar-refractivity contribution < 1.29 is 14.3 Å². The number of carbonyl (C=O) groups is 2. The molecule has 0 atom stereocenters. The van der Waals surface area contributed by atoms with Crippen LogP contribution in [0.2, 0.25) is 0 Å². The van der Waals surface area contributed by atoms with E-state index in [1.807, 2.05) is 19.9 Å². The molecule has 1 fully saturated rings. The molecular formula is C25H31N3O3S. The number of hydrogen-bond donors (Lipinski definition) is 3. The second kappa shape index (κ2) is 11.6. The second-order valence-corrected chi connectivity index (χ2v) is 8.90. The minimum atomic E-state index is -0.342. The normalized spacial score (nSPS) is 14.0. The largest absolute Gasteiger partial charge is 0.492 e. The SMILES string of the molecule is CC(C)COc1ccccc1C(=O)NC(=S)Nc1ccc(C(=O)NC2CCCCC2)cc1. The predicted molar refractivity (Wildman–Crippen MR) is 131 cm³/mol. The van der Waals surface area contributed by atoms with Crippen LogP contribution in [0.25, 0.3) is 0 Å². The first-order chi connectivity index (χ1) is 15.4. The molecule has 2 aromatic carbocycles. The van der Waals surface area contributed by atoms with Crippen LogP contribution in [0.5, 0.6) is 5.75 Å². The molecule has 0 radical (unpaired) electrons. The van der Waals surface area contributed by atoms with Crippen LogP contribution in [0.3, 0.4) is 0 Å². The van der Waals surface area contributed by atoms with E-state index in [1.54, 1.807) is 42.5 Å². The molecule has 3 N–H and O–H groups in total. The number of anilines is 1.